The highest BCUT2D eigenvalue weighted by Crippen LogP contribution is 2.60. The maximum absolute atomic E-state index is 13.4. The maximum Gasteiger partial charge on any atom is 0.243 e. The number of hydrogen-bond acceptors (Lipinski definition) is 3. The number of carbonyl (C=O) groups is 2. The predicted molar refractivity (Wildman–Crippen MR) is 115 cm³/mol. The van der Waals surface area contributed by atoms with Crippen molar-refractivity contribution in [3.63, 3.8) is 0 Å². The summed E-state index contributed by atoms with van der Waals surface area (Å²) in [6, 6.07) is -0.169. The minimum Gasteiger partial charge on any atom is -0.351 e. The quantitative estimate of drug-likeness (QED) is 0.685. The summed E-state index contributed by atoms with van der Waals surface area (Å²) in [5.74, 6) is 2.52. The van der Waals surface area contributed by atoms with Gasteiger partial charge in [-0.25, -0.2) is 0 Å². The first-order valence-electron chi connectivity index (χ1n) is 12.2. The van der Waals surface area contributed by atoms with Gasteiger partial charge in [0.15, 0.2) is 0 Å². The van der Waals surface area contributed by atoms with Crippen molar-refractivity contribution in [1.29, 1.82) is 0 Å². The highest BCUT2D eigenvalue weighted by atomic mass is 16.2. The van der Waals surface area contributed by atoms with E-state index < -0.39 is 6.04 Å². The van der Waals surface area contributed by atoms with Crippen LogP contribution in [0, 0.1) is 29.1 Å². The van der Waals surface area contributed by atoms with Gasteiger partial charge in [0.25, 0.3) is 0 Å². The Morgan fingerprint density at radius 1 is 1.00 bits per heavy atom. The number of piperidine rings is 1. The van der Waals surface area contributed by atoms with Gasteiger partial charge in [-0.1, -0.05) is 20.8 Å². The van der Waals surface area contributed by atoms with Crippen molar-refractivity contribution in [1.82, 2.24) is 15.5 Å². The largest absolute Gasteiger partial charge is 0.351 e. The third-order valence-electron chi connectivity index (χ3n) is 8.23. The van der Waals surface area contributed by atoms with Gasteiger partial charge in [0.2, 0.25) is 11.8 Å². The normalized spacial score (nSPS) is 35.7. The van der Waals surface area contributed by atoms with Crippen LogP contribution < -0.4 is 10.6 Å². The van der Waals surface area contributed by atoms with E-state index in [0.29, 0.717) is 0 Å². The lowest BCUT2D eigenvalue weighted by Gasteiger charge is -2.55. The first-order valence-corrected chi connectivity index (χ1v) is 12.2. The van der Waals surface area contributed by atoms with Crippen LogP contribution in [-0.4, -0.2) is 48.4 Å². The average Bonchev–Trinajstić information content (AvgIpc) is 2.66. The molecule has 5 aliphatic rings. The maximum atomic E-state index is 13.4. The Labute approximate surface area is 176 Å². The average molecular weight is 404 g/mol. The van der Waals surface area contributed by atoms with Crippen LogP contribution in [0.3, 0.4) is 0 Å². The van der Waals surface area contributed by atoms with Crippen molar-refractivity contribution >= 4 is 11.8 Å². The van der Waals surface area contributed by atoms with Crippen LogP contribution in [0.4, 0.5) is 0 Å². The second-order valence-corrected chi connectivity index (χ2v) is 11.0. The summed E-state index contributed by atoms with van der Waals surface area (Å²) < 4.78 is 0. The molecule has 5 rings (SSSR count). The minimum absolute atomic E-state index is 0.0204. The fraction of sp³-hybridized carbons (Fsp3) is 0.917. The Kier molecular flexibility index (Phi) is 6.24. The van der Waals surface area contributed by atoms with Crippen LogP contribution in [-0.2, 0) is 9.59 Å². The molecule has 2 amide bonds. The van der Waals surface area contributed by atoms with E-state index in [9.17, 15) is 9.59 Å². The number of nitrogens with one attached hydrogen (secondary N) is 2. The van der Waals surface area contributed by atoms with E-state index in [1.54, 1.807) is 0 Å². The van der Waals surface area contributed by atoms with Gasteiger partial charge in [0, 0.05) is 24.5 Å². The zero-order valence-electron chi connectivity index (χ0n) is 18.7. The van der Waals surface area contributed by atoms with Crippen molar-refractivity contribution in [2.24, 2.45) is 29.1 Å². The first-order chi connectivity index (χ1) is 13.9. The molecule has 5 nitrogen and oxygen atoms in total. The van der Waals surface area contributed by atoms with Crippen LogP contribution in [0.15, 0.2) is 0 Å². The molecule has 0 aromatic carbocycles. The standard InChI is InChI=1S/C24H41N3O2/c1-4-7-27-8-5-20(6-9-27)25-22(28)21(16(2)3)26-23(29)24-13-17-10-18(14-24)12-19(11-17)15-24/h16-21H,4-15H2,1-3H3,(H,25,28)(H,26,29). The van der Waals surface area contributed by atoms with E-state index in [1.807, 2.05) is 13.8 Å². The lowest BCUT2D eigenvalue weighted by Crippen LogP contribution is -2.59. The predicted octanol–water partition coefficient (Wildman–Crippen LogP) is 3.33. The molecule has 164 valence electrons. The fourth-order valence-electron chi connectivity index (χ4n) is 7.13. The smallest absolute Gasteiger partial charge is 0.243 e. The summed E-state index contributed by atoms with van der Waals surface area (Å²) in [6.07, 6.45) is 10.3. The van der Waals surface area contributed by atoms with E-state index in [4.69, 9.17) is 0 Å². The molecule has 29 heavy (non-hydrogen) atoms. The lowest BCUT2D eigenvalue weighted by atomic mass is 9.49. The summed E-state index contributed by atoms with van der Waals surface area (Å²) in [4.78, 5) is 29.0. The summed E-state index contributed by atoms with van der Waals surface area (Å²) >= 11 is 0. The molecule has 0 aromatic rings. The Balaban J connectivity index is 1.34. The highest BCUT2D eigenvalue weighted by molar-refractivity contribution is 5.90. The molecule has 0 spiro atoms. The van der Waals surface area contributed by atoms with Crippen LogP contribution in [0.25, 0.3) is 0 Å². The van der Waals surface area contributed by atoms with Gasteiger partial charge in [0.05, 0.1) is 0 Å². The molecule has 1 aliphatic heterocycles. The number of rotatable bonds is 7. The third-order valence-corrected chi connectivity index (χ3v) is 8.23. The highest BCUT2D eigenvalue weighted by Gasteiger charge is 2.55. The number of carbonyl (C=O) groups excluding carboxylic acids is 2. The molecule has 1 saturated heterocycles. The molecular formula is C24H41N3O2. The Hall–Kier alpha value is -1.10. The van der Waals surface area contributed by atoms with Gasteiger partial charge in [0.1, 0.15) is 6.04 Å². The second-order valence-electron chi connectivity index (χ2n) is 11.0. The Bertz CT molecular complexity index is 574. The van der Waals surface area contributed by atoms with Crippen LogP contribution in [0.2, 0.25) is 0 Å². The van der Waals surface area contributed by atoms with Crippen molar-refractivity contribution in [2.45, 2.75) is 90.6 Å². The molecule has 5 heteroatoms. The van der Waals surface area contributed by atoms with Gasteiger partial charge < -0.3 is 15.5 Å². The van der Waals surface area contributed by atoms with Gasteiger partial charge in [-0.3, -0.25) is 9.59 Å². The zero-order valence-corrected chi connectivity index (χ0v) is 18.7. The molecular weight excluding hydrogens is 362 g/mol. The van der Waals surface area contributed by atoms with Crippen molar-refractivity contribution in [3.05, 3.63) is 0 Å². The van der Waals surface area contributed by atoms with E-state index in [-0.39, 0.29) is 29.2 Å². The SMILES string of the molecule is CCCN1CCC(NC(=O)C(NC(=O)C23CC4CC(CC(C4)C2)C3)C(C)C)CC1. The van der Waals surface area contributed by atoms with Crippen LogP contribution in [0.1, 0.15) is 78.6 Å². The van der Waals surface area contributed by atoms with Gasteiger partial charge in [-0.15, -0.1) is 0 Å². The Morgan fingerprint density at radius 2 is 1.55 bits per heavy atom. The van der Waals surface area contributed by atoms with Crippen LogP contribution >= 0.6 is 0 Å². The second kappa shape index (κ2) is 8.56. The number of amides is 2. The zero-order chi connectivity index (χ0) is 20.6. The van der Waals surface area contributed by atoms with Gasteiger partial charge in [-0.05, 0) is 88.0 Å². The number of likely N-dealkylation sites (tertiary alicyclic amines) is 1. The van der Waals surface area contributed by atoms with Gasteiger partial charge >= 0.3 is 0 Å². The molecule has 4 aliphatic carbocycles. The van der Waals surface area contributed by atoms with E-state index in [1.165, 1.54) is 25.7 Å². The third kappa shape index (κ3) is 4.50. The molecule has 2 N–H and O–H groups in total. The lowest BCUT2D eigenvalue weighted by molar-refractivity contribution is -0.149. The summed E-state index contributed by atoms with van der Waals surface area (Å²) in [7, 11) is 0. The molecule has 4 bridgehead atoms. The van der Waals surface area contributed by atoms with E-state index >= 15 is 0 Å². The van der Waals surface area contributed by atoms with Gasteiger partial charge in [-0.2, -0.15) is 0 Å². The van der Waals surface area contributed by atoms with Crippen LogP contribution in [0.5, 0.6) is 0 Å². The summed E-state index contributed by atoms with van der Waals surface area (Å²) in [5, 5.41) is 6.49. The van der Waals surface area contributed by atoms with Crippen molar-refractivity contribution < 1.29 is 9.59 Å². The molecule has 4 saturated carbocycles. The minimum atomic E-state index is -0.413. The number of nitrogens with zero attached hydrogens (tertiary/aromatic N) is 1. The van der Waals surface area contributed by atoms with Crippen molar-refractivity contribution in [3.8, 4) is 0 Å². The number of hydrogen-bond donors (Lipinski definition) is 2. The first kappa shape index (κ1) is 21.1. The fourth-order valence-corrected chi connectivity index (χ4v) is 7.13. The monoisotopic (exact) mass is 403 g/mol. The molecule has 0 radical (unpaired) electrons. The van der Waals surface area contributed by atoms with Crippen molar-refractivity contribution in [2.75, 3.05) is 19.6 Å². The molecule has 1 heterocycles. The van der Waals surface area contributed by atoms with E-state index in [2.05, 4.69) is 22.5 Å². The topological polar surface area (TPSA) is 61.4 Å². The Morgan fingerprint density at radius 3 is 2.03 bits per heavy atom. The summed E-state index contributed by atoms with van der Waals surface area (Å²) in [6.45, 7) is 9.58. The molecule has 5 fully saturated rings. The molecule has 1 unspecified atom stereocenters. The summed E-state index contributed by atoms with van der Waals surface area (Å²) in [5.41, 5.74) is -0.187. The molecule has 1 atom stereocenters. The van der Waals surface area contributed by atoms with E-state index in [0.717, 1.165) is 69.5 Å². The molecule has 0 aromatic heterocycles.